The Bertz CT molecular complexity index is 299. The molecule has 1 saturated heterocycles. The van der Waals surface area contributed by atoms with Gasteiger partial charge in [0.2, 0.25) is 5.91 Å². The summed E-state index contributed by atoms with van der Waals surface area (Å²) in [5, 5.41) is 11.5. The van der Waals surface area contributed by atoms with E-state index in [1.807, 2.05) is 13.8 Å². The van der Waals surface area contributed by atoms with Crippen LogP contribution in [0, 0.1) is 5.92 Å². The van der Waals surface area contributed by atoms with Gasteiger partial charge in [0, 0.05) is 13.2 Å². The highest BCUT2D eigenvalue weighted by atomic mass is 16.5. The number of hydrogen-bond donors (Lipinski definition) is 2. The molecule has 1 aliphatic heterocycles. The molecule has 0 unspecified atom stereocenters. The van der Waals surface area contributed by atoms with E-state index >= 15 is 0 Å². The minimum atomic E-state index is -1.01. The minimum absolute atomic E-state index is 0.0351. The summed E-state index contributed by atoms with van der Waals surface area (Å²) in [6.45, 7) is 5.04. The molecule has 6 heteroatoms. The Morgan fingerprint density at radius 1 is 1.37 bits per heavy atom. The fourth-order valence-electron chi connectivity index (χ4n) is 1.97. The number of carboxylic acids is 1. The monoisotopic (exact) mass is 273 g/mol. The molecule has 1 aliphatic rings. The molecule has 0 saturated carbocycles. The van der Waals surface area contributed by atoms with Gasteiger partial charge in [-0.05, 0) is 25.2 Å². The van der Waals surface area contributed by atoms with E-state index in [1.54, 1.807) is 0 Å². The van der Waals surface area contributed by atoms with Crippen LogP contribution in [0.25, 0.3) is 0 Å². The first-order valence-corrected chi connectivity index (χ1v) is 6.70. The van der Waals surface area contributed by atoms with Crippen LogP contribution < -0.4 is 5.32 Å². The highest BCUT2D eigenvalue weighted by Crippen LogP contribution is 2.10. The normalized spacial score (nSPS) is 18.3. The molecule has 1 atom stereocenters. The van der Waals surface area contributed by atoms with Gasteiger partial charge in [-0.2, -0.15) is 0 Å². The Morgan fingerprint density at radius 3 is 2.53 bits per heavy atom. The number of rotatable bonds is 7. The summed E-state index contributed by atoms with van der Waals surface area (Å²) in [7, 11) is 0. The summed E-state index contributed by atoms with van der Waals surface area (Å²) < 4.78 is 10.6. The molecule has 0 aliphatic carbocycles. The average molecular weight is 273 g/mol. The third-order valence-electron chi connectivity index (χ3n) is 2.96. The van der Waals surface area contributed by atoms with Crippen LogP contribution >= 0.6 is 0 Å². The van der Waals surface area contributed by atoms with Gasteiger partial charge in [0.15, 0.2) is 0 Å². The number of hydrogen-bond acceptors (Lipinski definition) is 4. The van der Waals surface area contributed by atoms with Crippen molar-refractivity contribution in [2.75, 3.05) is 19.8 Å². The largest absolute Gasteiger partial charge is 0.480 e. The second-order valence-electron chi connectivity index (χ2n) is 5.21. The van der Waals surface area contributed by atoms with Crippen molar-refractivity contribution in [3.8, 4) is 0 Å². The van der Waals surface area contributed by atoms with E-state index in [4.69, 9.17) is 14.6 Å². The molecule has 110 valence electrons. The maximum absolute atomic E-state index is 11.7. The molecule has 19 heavy (non-hydrogen) atoms. The Balaban J connectivity index is 2.29. The van der Waals surface area contributed by atoms with Gasteiger partial charge in [-0.25, -0.2) is 4.79 Å². The van der Waals surface area contributed by atoms with E-state index in [-0.39, 0.29) is 24.5 Å². The Hall–Kier alpha value is -1.14. The van der Waals surface area contributed by atoms with Crippen LogP contribution in [0.1, 0.15) is 33.1 Å². The minimum Gasteiger partial charge on any atom is -0.480 e. The predicted octanol–water partition coefficient (Wildman–Crippen LogP) is 0.798. The van der Waals surface area contributed by atoms with Crippen molar-refractivity contribution in [1.82, 2.24) is 5.32 Å². The second-order valence-corrected chi connectivity index (χ2v) is 5.21. The van der Waals surface area contributed by atoms with Crippen molar-refractivity contribution < 1.29 is 24.2 Å². The van der Waals surface area contributed by atoms with E-state index < -0.39 is 12.0 Å². The Labute approximate surface area is 113 Å². The topological polar surface area (TPSA) is 84.9 Å². The van der Waals surface area contributed by atoms with Crippen LogP contribution in [0.4, 0.5) is 0 Å². The molecule has 0 bridgehead atoms. The lowest BCUT2D eigenvalue weighted by molar-refractivity contribution is -0.143. The predicted molar refractivity (Wildman–Crippen MR) is 68.8 cm³/mol. The van der Waals surface area contributed by atoms with Crippen LogP contribution in [0.15, 0.2) is 0 Å². The van der Waals surface area contributed by atoms with Crippen LogP contribution in [0.3, 0.4) is 0 Å². The van der Waals surface area contributed by atoms with Gasteiger partial charge in [0.05, 0.1) is 6.10 Å². The fraction of sp³-hybridized carbons (Fsp3) is 0.846. The van der Waals surface area contributed by atoms with Gasteiger partial charge in [-0.15, -0.1) is 0 Å². The summed E-state index contributed by atoms with van der Waals surface area (Å²) in [5.74, 6) is -1.18. The lowest BCUT2D eigenvalue weighted by Crippen LogP contribution is -2.43. The van der Waals surface area contributed by atoms with Gasteiger partial charge >= 0.3 is 5.97 Å². The zero-order valence-electron chi connectivity index (χ0n) is 11.6. The number of carboxylic acid groups (broad SMARTS) is 1. The van der Waals surface area contributed by atoms with Crippen LogP contribution in [-0.2, 0) is 19.1 Å². The summed E-state index contributed by atoms with van der Waals surface area (Å²) in [6, 6.07) is -0.842. The summed E-state index contributed by atoms with van der Waals surface area (Å²) in [6.07, 6.45) is 2.01. The van der Waals surface area contributed by atoms with Crippen molar-refractivity contribution >= 4 is 11.9 Å². The summed E-state index contributed by atoms with van der Waals surface area (Å²) in [4.78, 5) is 22.7. The van der Waals surface area contributed by atoms with Crippen molar-refractivity contribution in [2.45, 2.75) is 45.3 Å². The molecular weight excluding hydrogens is 250 g/mol. The van der Waals surface area contributed by atoms with Gasteiger partial charge < -0.3 is 19.9 Å². The quantitative estimate of drug-likeness (QED) is 0.716. The first-order valence-electron chi connectivity index (χ1n) is 6.70. The van der Waals surface area contributed by atoms with Crippen LogP contribution in [-0.4, -0.2) is 48.9 Å². The van der Waals surface area contributed by atoms with Crippen molar-refractivity contribution in [3.63, 3.8) is 0 Å². The zero-order chi connectivity index (χ0) is 14.3. The number of carbonyl (C=O) groups is 2. The third-order valence-corrected chi connectivity index (χ3v) is 2.96. The molecule has 1 fully saturated rings. The summed E-state index contributed by atoms with van der Waals surface area (Å²) in [5.41, 5.74) is 0. The molecule has 2 N–H and O–H groups in total. The lowest BCUT2D eigenvalue weighted by Gasteiger charge is -2.22. The molecular formula is C13H23NO5. The molecule has 1 heterocycles. The molecule has 0 spiro atoms. The molecule has 1 amide bonds. The van der Waals surface area contributed by atoms with Crippen molar-refractivity contribution in [3.05, 3.63) is 0 Å². The van der Waals surface area contributed by atoms with Crippen LogP contribution in [0.5, 0.6) is 0 Å². The number of carbonyl (C=O) groups excluding carboxylic acids is 1. The van der Waals surface area contributed by atoms with E-state index in [0.29, 0.717) is 19.6 Å². The smallest absolute Gasteiger partial charge is 0.326 e. The maximum Gasteiger partial charge on any atom is 0.326 e. The number of amides is 1. The second kappa shape index (κ2) is 8.12. The van der Waals surface area contributed by atoms with Gasteiger partial charge in [0.25, 0.3) is 0 Å². The number of ether oxygens (including phenoxy) is 2. The Morgan fingerprint density at radius 2 is 2.00 bits per heavy atom. The van der Waals surface area contributed by atoms with E-state index in [0.717, 1.165) is 12.8 Å². The number of aliphatic carboxylic acids is 1. The van der Waals surface area contributed by atoms with E-state index in [2.05, 4.69) is 5.32 Å². The molecule has 6 nitrogen and oxygen atoms in total. The highest BCUT2D eigenvalue weighted by molar-refractivity contribution is 5.84. The number of nitrogens with one attached hydrogen (secondary N) is 1. The first-order chi connectivity index (χ1) is 8.99. The van der Waals surface area contributed by atoms with Crippen molar-refractivity contribution in [2.24, 2.45) is 5.92 Å². The first kappa shape index (κ1) is 15.9. The van der Waals surface area contributed by atoms with Gasteiger partial charge in [-0.1, -0.05) is 13.8 Å². The van der Waals surface area contributed by atoms with Gasteiger partial charge in [-0.3, -0.25) is 4.79 Å². The third kappa shape index (κ3) is 6.54. The standard InChI is InChI=1S/C13H23NO5/c1-9(2)7-11(13(16)17)14-12(15)8-19-10-3-5-18-6-4-10/h9-11H,3-8H2,1-2H3,(H,14,15)(H,16,17)/t11-/m0/s1. The van der Waals surface area contributed by atoms with Crippen molar-refractivity contribution in [1.29, 1.82) is 0 Å². The molecule has 0 radical (unpaired) electrons. The Kier molecular flexibility index (Phi) is 6.80. The highest BCUT2D eigenvalue weighted by Gasteiger charge is 2.22. The maximum atomic E-state index is 11.7. The molecule has 1 rings (SSSR count). The van der Waals surface area contributed by atoms with E-state index in [1.165, 1.54) is 0 Å². The fourth-order valence-corrected chi connectivity index (χ4v) is 1.97. The van der Waals surface area contributed by atoms with E-state index in [9.17, 15) is 9.59 Å². The van der Waals surface area contributed by atoms with Gasteiger partial charge in [0.1, 0.15) is 12.6 Å². The molecule has 0 aromatic carbocycles. The molecule has 0 aromatic rings. The zero-order valence-corrected chi connectivity index (χ0v) is 11.6. The van der Waals surface area contributed by atoms with Crippen LogP contribution in [0.2, 0.25) is 0 Å². The molecule has 0 aromatic heterocycles. The lowest BCUT2D eigenvalue weighted by atomic mass is 10.0. The average Bonchev–Trinajstić information content (AvgIpc) is 2.36. The SMILES string of the molecule is CC(C)C[C@H](NC(=O)COC1CCOCC1)C(=O)O. The summed E-state index contributed by atoms with van der Waals surface area (Å²) >= 11 is 0.